The molecule has 3 aromatic rings. The van der Waals surface area contributed by atoms with Crippen LogP contribution in [0.2, 0.25) is 0 Å². The van der Waals surface area contributed by atoms with Gasteiger partial charge in [-0.3, -0.25) is 4.90 Å². The minimum atomic E-state index is -1.00. The number of rotatable bonds is 5. The Morgan fingerprint density at radius 2 is 1.90 bits per heavy atom. The van der Waals surface area contributed by atoms with Crippen LogP contribution in [-0.2, 0) is 13.6 Å². The summed E-state index contributed by atoms with van der Waals surface area (Å²) in [4.78, 5) is 8.46. The van der Waals surface area contributed by atoms with Crippen LogP contribution in [0.4, 0.5) is 10.1 Å². The molecule has 7 heteroatoms. The van der Waals surface area contributed by atoms with Gasteiger partial charge in [0.15, 0.2) is 0 Å². The van der Waals surface area contributed by atoms with E-state index in [1.165, 1.54) is 6.07 Å². The summed E-state index contributed by atoms with van der Waals surface area (Å²) in [5, 5.41) is 21.0. The van der Waals surface area contributed by atoms with Gasteiger partial charge in [0.1, 0.15) is 23.5 Å². The number of aromatic nitrogens is 2. The third kappa shape index (κ3) is 4.04. The molecule has 0 bridgehead atoms. The highest BCUT2D eigenvalue weighted by Crippen LogP contribution is 2.33. The van der Waals surface area contributed by atoms with Gasteiger partial charge in [-0.05, 0) is 19.1 Å². The van der Waals surface area contributed by atoms with Crippen LogP contribution >= 0.6 is 0 Å². The minimum Gasteiger partial charge on any atom is -0.508 e. The summed E-state index contributed by atoms with van der Waals surface area (Å²) in [6.07, 6.45) is 2.38. The lowest BCUT2D eigenvalue weighted by atomic mass is 10.0. The third-order valence-electron chi connectivity index (χ3n) is 5.73. The highest BCUT2D eigenvalue weighted by Gasteiger charge is 2.27. The van der Waals surface area contributed by atoms with Gasteiger partial charge in [-0.1, -0.05) is 29.8 Å². The molecule has 30 heavy (non-hydrogen) atoms. The highest BCUT2D eigenvalue weighted by molar-refractivity contribution is 5.57. The molecule has 0 radical (unpaired) electrons. The largest absolute Gasteiger partial charge is 0.508 e. The van der Waals surface area contributed by atoms with Gasteiger partial charge in [0.05, 0.1) is 5.69 Å². The molecule has 0 amide bonds. The quantitative estimate of drug-likeness (QED) is 0.677. The Balaban J connectivity index is 1.51. The van der Waals surface area contributed by atoms with Crippen molar-refractivity contribution < 1.29 is 14.6 Å². The zero-order chi connectivity index (χ0) is 21.3. The average molecular weight is 410 g/mol. The van der Waals surface area contributed by atoms with Crippen LogP contribution in [0, 0.1) is 12.7 Å². The molecule has 158 valence electrons. The zero-order valence-electron chi connectivity index (χ0n) is 17.3. The normalized spacial score (nSPS) is 16.1. The Morgan fingerprint density at radius 3 is 2.60 bits per heavy atom. The van der Waals surface area contributed by atoms with Crippen molar-refractivity contribution in [2.75, 3.05) is 31.1 Å². The molecule has 2 heterocycles. The summed E-state index contributed by atoms with van der Waals surface area (Å²) in [7, 11) is 1.81. The first-order valence-corrected chi connectivity index (χ1v) is 10.1. The first-order chi connectivity index (χ1) is 14.4. The molecule has 1 fully saturated rings. The van der Waals surface area contributed by atoms with Crippen LogP contribution in [0.1, 0.15) is 28.6 Å². The molecule has 2 aromatic carbocycles. The number of anilines is 1. The Labute approximate surface area is 175 Å². The summed E-state index contributed by atoms with van der Waals surface area (Å²) in [5.74, 6) is 0.443. The van der Waals surface area contributed by atoms with Crippen molar-refractivity contribution in [1.82, 2.24) is 14.5 Å². The second-order valence-corrected chi connectivity index (χ2v) is 7.87. The van der Waals surface area contributed by atoms with Crippen molar-refractivity contribution in [2.24, 2.45) is 7.05 Å². The first-order valence-electron chi connectivity index (χ1n) is 10.1. The Morgan fingerprint density at radius 1 is 1.13 bits per heavy atom. The number of aliphatic hydroxyl groups is 1. The molecule has 0 spiro atoms. The molecule has 1 aliphatic rings. The number of hydrogen-bond donors (Lipinski definition) is 2. The van der Waals surface area contributed by atoms with Crippen LogP contribution in [0.15, 0.2) is 48.8 Å². The Bertz CT molecular complexity index is 1030. The van der Waals surface area contributed by atoms with Crippen molar-refractivity contribution in [2.45, 2.75) is 19.6 Å². The maximum atomic E-state index is 14.9. The van der Waals surface area contributed by atoms with Crippen molar-refractivity contribution >= 4 is 5.69 Å². The molecule has 6 nitrogen and oxygen atoms in total. The monoisotopic (exact) mass is 410 g/mol. The summed E-state index contributed by atoms with van der Waals surface area (Å²) in [6, 6.07) is 10.4. The first kappa shape index (κ1) is 20.4. The van der Waals surface area contributed by atoms with Gasteiger partial charge < -0.3 is 19.7 Å². The van der Waals surface area contributed by atoms with E-state index in [4.69, 9.17) is 0 Å². The smallest absolute Gasteiger partial charge is 0.146 e. The maximum Gasteiger partial charge on any atom is 0.146 e. The molecule has 0 saturated carbocycles. The van der Waals surface area contributed by atoms with Gasteiger partial charge in [0.2, 0.25) is 0 Å². The molecule has 4 rings (SSSR count). The lowest BCUT2D eigenvalue weighted by Crippen LogP contribution is -2.46. The molecule has 1 unspecified atom stereocenters. The predicted octanol–water partition coefficient (Wildman–Crippen LogP) is 2.98. The fourth-order valence-corrected chi connectivity index (χ4v) is 4.08. The van der Waals surface area contributed by atoms with Crippen molar-refractivity contribution in [3.63, 3.8) is 0 Å². The van der Waals surface area contributed by atoms with E-state index in [0.717, 1.165) is 24.2 Å². The molecule has 1 aromatic heterocycles. The number of aromatic hydroxyl groups is 1. The lowest BCUT2D eigenvalue weighted by Gasteiger charge is -2.37. The number of aryl methyl sites for hydroxylation is 2. The molecule has 0 aliphatic carbocycles. The number of imidazole rings is 1. The van der Waals surface area contributed by atoms with E-state index < -0.39 is 6.10 Å². The summed E-state index contributed by atoms with van der Waals surface area (Å²) < 4.78 is 16.6. The van der Waals surface area contributed by atoms with Crippen LogP contribution in [0.5, 0.6) is 5.75 Å². The van der Waals surface area contributed by atoms with E-state index in [2.05, 4.69) is 9.88 Å². The molecule has 1 atom stereocenters. The van der Waals surface area contributed by atoms with Gasteiger partial charge in [-0.15, -0.1) is 0 Å². The number of phenolic OH excluding ortho intramolecular Hbond substituents is 1. The maximum absolute atomic E-state index is 14.9. The highest BCUT2D eigenvalue weighted by atomic mass is 19.1. The summed E-state index contributed by atoms with van der Waals surface area (Å²) in [5.41, 5.74) is 2.97. The van der Waals surface area contributed by atoms with Crippen molar-refractivity contribution in [3.05, 3.63) is 77.1 Å². The van der Waals surface area contributed by atoms with Gasteiger partial charge >= 0.3 is 0 Å². The lowest BCUT2D eigenvalue weighted by molar-refractivity contribution is 0.205. The fourth-order valence-electron chi connectivity index (χ4n) is 4.08. The second-order valence-electron chi connectivity index (χ2n) is 7.87. The number of nitrogens with zero attached hydrogens (tertiary/aromatic N) is 4. The summed E-state index contributed by atoms with van der Waals surface area (Å²) >= 11 is 0. The van der Waals surface area contributed by atoms with Crippen molar-refractivity contribution in [1.29, 1.82) is 0 Å². The molecule has 1 saturated heterocycles. The third-order valence-corrected chi connectivity index (χ3v) is 5.73. The van der Waals surface area contributed by atoms with Crippen LogP contribution in [0.25, 0.3) is 0 Å². The number of phenols is 1. The summed E-state index contributed by atoms with van der Waals surface area (Å²) in [6.45, 7) is 5.40. The molecule has 2 N–H and O–H groups in total. The van der Waals surface area contributed by atoms with Crippen LogP contribution in [-0.4, -0.2) is 50.8 Å². The SMILES string of the molecule is Cc1ccc(O)c(CN2CCN(c3c(F)cccc3C(O)c3nccn3C)CC2)c1. The van der Waals surface area contributed by atoms with E-state index in [1.54, 1.807) is 35.2 Å². The van der Waals surface area contributed by atoms with E-state index in [9.17, 15) is 14.6 Å². The zero-order valence-corrected chi connectivity index (χ0v) is 17.3. The van der Waals surface area contributed by atoms with E-state index in [1.807, 2.05) is 31.0 Å². The molecule has 1 aliphatic heterocycles. The Kier molecular flexibility index (Phi) is 5.74. The number of para-hydroxylation sites is 1. The topological polar surface area (TPSA) is 64.8 Å². The van der Waals surface area contributed by atoms with E-state index in [-0.39, 0.29) is 5.82 Å². The molecular weight excluding hydrogens is 383 g/mol. The van der Waals surface area contributed by atoms with Gasteiger partial charge in [0, 0.05) is 63.3 Å². The van der Waals surface area contributed by atoms with Crippen molar-refractivity contribution in [3.8, 4) is 5.75 Å². The van der Waals surface area contributed by atoms with Crippen LogP contribution in [0.3, 0.4) is 0 Å². The number of hydrogen-bond acceptors (Lipinski definition) is 5. The van der Waals surface area contributed by atoms with Crippen LogP contribution < -0.4 is 4.90 Å². The van der Waals surface area contributed by atoms with Gasteiger partial charge in [-0.2, -0.15) is 0 Å². The average Bonchev–Trinajstić information content (AvgIpc) is 3.16. The van der Waals surface area contributed by atoms with E-state index >= 15 is 0 Å². The number of halogens is 1. The van der Waals surface area contributed by atoms with Gasteiger partial charge in [0.25, 0.3) is 0 Å². The van der Waals surface area contributed by atoms with Gasteiger partial charge in [-0.25, -0.2) is 9.37 Å². The number of benzene rings is 2. The number of aliphatic hydroxyl groups excluding tert-OH is 1. The predicted molar refractivity (Wildman–Crippen MR) is 114 cm³/mol. The minimum absolute atomic E-state index is 0.303. The Hall–Kier alpha value is -2.90. The standard InChI is InChI=1S/C23H27FN4O2/c1-16-6-7-20(29)17(14-16)15-27-10-12-28(13-11-27)21-18(4-3-5-19(21)24)22(30)23-25-8-9-26(23)2/h3-9,14,22,29-30H,10-13,15H2,1-2H3. The second kappa shape index (κ2) is 8.45. The fraction of sp³-hybridized carbons (Fsp3) is 0.348. The molecular formula is C23H27FN4O2. The van der Waals surface area contributed by atoms with E-state index in [0.29, 0.717) is 42.5 Å². The number of piperazine rings is 1.